The highest BCUT2D eigenvalue weighted by atomic mass is 16.2. The van der Waals surface area contributed by atoms with Crippen molar-refractivity contribution in [3.63, 3.8) is 0 Å². The van der Waals surface area contributed by atoms with E-state index in [0.29, 0.717) is 19.4 Å². The molecule has 1 unspecified atom stereocenters. The highest BCUT2D eigenvalue weighted by Crippen LogP contribution is 2.49. The van der Waals surface area contributed by atoms with Crippen LogP contribution in [-0.2, 0) is 16.6 Å². The second kappa shape index (κ2) is 6.37. The summed E-state index contributed by atoms with van der Waals surface area (Å²) in [5, 5.41) is 9.62. The van der Waals surface area contributed by atoms with Crippen LogP contribution in [0.2, 0.25) is 0 Å². The number of fused-ring (bicyclic) bond motifs is 1. The van der Waals surface area contributed by atoms with E-state index in [1.807, 2.05) is 62.1 Å². The predicted molar refractivity (Wildman–Crippen MR) is 100 cm³/mol. The van der Waals surface area contributed by atoms with Crippen LogP contribution in [0.4, 0.5) is 5.69 Å². The maximum absolute atomic E-state index is 13.5. The Kier molecular flexibility index (Phi) is 4.39. The minimum atomic E-state index is -0.687. The Balaban J connectivity index is 2.18. The van der Waals surface area contributed by atoms with E-state index in [-0.39, 0.29) is 5.91 Å². The van der Waals surface area contributed by atoms with Crippen molar-refractivity contribution in [2.75, 3.05) is 11.4 Å². The van der Waals surface area contributed by atoms with Gasteiger partial charge >= 0.3 is 0 Å². The molecule has 1 heterocycles. The Bertz CT molecular complexity index is 819. The van der Waals surface area contributed by atoms with E-state index in [2.05, 4.69) is 24.3 Å². The third-order valence-electron chi connectivity index (χ3n) is 5.08. The van der Waals surface area contributed by atoms with Gasteiger partial charge in [0.05, 0.1) is 16.9 Å². The number of hydrogen-bond acceptors (Lipinski definition) is 2. The Morgan fingerprint density at radius 2 is 1.72 bits per heavy atom. The first-order valence-corrected chi connectivity index (χ1v) is 8.80. The van der Waals surface area contributed by atoms with E-state index in [1.54, 1.807) is 0 Å². The Morgan fingerprint density at radius 3 is 2.36 bits per heavy atom. The van der Waals surface area contributed by atoms with Crippen LogP contribution < -0.4 is 4.90 Å². The standard InChI is InChI=1S/C22H24N2O/c1-4-24-19-13-9-8-12-18(19)22(20(24)25,15-21(2,3)16-23)14-17-10-6-5-7-11-17/h5-13H,4,14-15H2,1-3H3. The summed E-state index contributed by atoms with van der Waals surface area (Å²) in [6.45, 7) is 6.48. The van der Waals surface area contributed by atoms with Gasteiger partial charge in [-0.2, -0.15) is 5.26 Å². The van der Waals surface area contributed by atoms with Gasteiger partial charge in [-0.15, -0.1) is 0 Å². The molecule has 3 rings (SSSR count). The molecule has 0 fully saturated rings. The number of nitriles is 1. The number of carbonyl (C=O) groups excluding carboxylic acids is 1. The van der Waals surface area contributed by atoms with Gasteiger partial charge in [0.1, 0.15) is 0 Å². The molecule has 1 aliphatic rings. The van der Waals surface area contributed by atoms with Crippen molar-refractivity contribution >= 4 is 11.6 Å². The average molecular weight is 332 g/mol. The van der Waals surface area contributed by atoms with Gasteiger partial charge < -0.3 is 4.90 Å². The van der Waals surface area contributed by atoms with Gasteiger partial charge in [0.15, 0.2) is 0 Å². The number of carbonyl (C=O) groups is 1. The zero-order valence-electron chi connectivity index (χ0n) is 15.1. The van der Waals surface area contributed by atoms with Gasteiger partial charge in [-0.05, 0) is 50.8 Å². The van der Waals surface area contributed by atoms with Crippen molar-refractivity contribution in [2.24, 2.45) is 5.41 Å². The summed E-state index contributed by atoms with van der Waals surface area (Å²) in [6.07, 6.45) is 1.13. The SMILES string of the molecule is CCN1C(=O)C(Cc2ccccc2)(CC(C)(C)C#N)c2ccccc21. The number of likely N-dealkylation sites (N-methyl/N-ethyl adjacent to an activating group) is 1. The minimum absolute atomic E-state index is 0.114. The monoisotopic (exact) mass is 332 g/mol. The molecule has 0 saturated heterocycles. The van der Waals surface area contributed by atoms with E-state index in [1.165, 1.54) is 0 Å². The minimum Gasteiger partial charge on any atom is -0.312 e. The molecule has 2 aromatic rings. The molecule has 0 saturated carbocycles. The van der Waals surface area contributed by atoms with Crippen molar-refractivity contribution in [1.29, 1.82) is 5.26 Å². The summed E-state index contributed by atoms with van der Waals surface area (Å²) in [5.41, 5.74) is 1.89. The number of benzene rings is 2. The summed E-state index contributed by atoms with van der Waals surface area (Å²) < 4.78 is 0. The molecule has 2 aromatic carbocycles. The summed E-state index contributed by atoms with van der Waals surface area (Å²) >= 11 is 0. The Labute approximate surface area is 149 Å². The molecule has 0 radical (unpaired) electrons. The fraction of sp³-hybridized carbons (Fsp3) is 0.364. The number of anilines is 1. The molecular formula is C22H24N2O. The zero-order valence-corrected chi connectivity index (χ0v) is 15.1. The van der Waals surface area contributed by atoms with Crippen LogP contribution in [-0.4, -0.2) is 12.5 Å². The van der Waals surface area contributed by atoms with E-state index in [0.717, 1.165) is 16.8 Å². The lowest BCUT2D eigenvalue weighted by Crippen LogP contribution is -2.44. The smallest absolute Gasteiger partial charge is 0.238 e. The molecule has 3 nitrogen and oxygen atoms in total. The second-order valence-electron chi connectivity index (χ2n) is 7.48. The van der Waals surface area contributed by atoms with Gasteiger partial charge in [0.25, 0.3) is 0 Å². The van der Waals surface area contributed by atoms with E-state index in [4.69, 9.17) is 0 Å². The van der Waals surface area contributed by atoms with Crippen molar-refractivity contribution in [3.8, 4) is 6.07 Å². The number of rotatable bonds is 5. The number of nitrogens with zero attached hydrogens (tertiary/aromatic N) is 2. The first kappa shape index (κ1) is 17.2. The van der Waals surface area contributed by atoms with Crippen LogP contribution in [0.1, 0.15) is 38.3 Å². The second-order valence-corrected chi connectivity index (χ2v) is 7.48. The molecule has 0 spiro atoms. The fourth-order valence-electron chi connectivity index (χ4n) is 4.05. The number of para-hydroxylation sites is 1. The highest BCUT2D eigenvalue weighted by Gasteiger charge is 2.52. The molecular weight excluding hydrogens is 308 g/mol. The van der Waals surface area contributed by atoms with Crippen LogP contribution in [0, 0.1) is 16.7 Å². The summed E-state index contributed by atoms with van der Waals surface area (Å²) in [4.78, 5) is 15.4. The van der Waals surface area contributed by atoms with E-state index >= 15 is 0 Å². The van der Waals surface area contributed by atoms with Crippen LogP contribution in [0.25, 0.3) is 0 Å². The molecule has 0 bridgehead atoms. The lowest BCUT2D eigenvalue weighted by molar-refractivity contribution is -0.124. The van der Waals surface area contributed by atoms with Crippen molar-refractivity contribution < 1.29 is 4.79 Å². The molecule has 1 amide bonds. The van der Waals surface area contributed by atoms with Gasteiger partial charge in [-0.1, -0.05) is 48.5 Å². The predicted octanol–water partition coefficient (Wildman–Crippen LogP) is 4.47. The van der Waals surface area contributed by atoms with Gasteiger partial charge in [-0.3, -0.25) is 4.79 Å². The quantitative estimate of drug-likeness (QED) is 0.810. The Morgan fingerprint density at radius 1 is 1.08 bits per heavy atom. The maximum Gasteiger partial charge on any atom is 0.238 e. The van der Waals surface area contributed by atoms with Crippen molar-refractivity contribution in [2.45, 2.75) is 39.0 Å². The van der Waals surface area contributed by atoms with Gasteiger partial charge in [-0.25, -0.2) is 0 Å². The molecule has 128 valence electrons. The van der Waals surface area contributed by atoms with Crippen LogP contribution >= 0.6 is 0 Å². The fourth-order valence-corrected chi connectivity index (χ4v) is 4.05. The third-order valence-corrected chi connectivity index (χ3v) is 5.08. The number of hydrogen-bond donors (Lipinski definition) is 0. The Hall–Kier alpha value is -2.60. The molecule has 0 N–H and O–H groups in total. The average Bonchev–Trinajstić information content (AvgIpc) is 2.84. The normalized spacial score (nSPS) is 19.6. The topological polar surface area (TPSA) is 44.1 Å². The summed E-state index contributed by atoms with van der Waals surface area (Å²) in [7, 11) is 0. The molecule has 25 heavy (non-hydrogen) atoms. The molecule has 1 aliphatic heterocycles. The van der Waals surface area contributed by atoms with Crippen LogP contribution in [0.3, 0.4) is 0 Å². The summed E-state index contributed by atoms with van der Waals surface area (Å²) in [5.74, 6) is 0.114. The van der Waals surface area contributed by atoms with Gasteiger partial charge in [0.2, 0.25) is 5.91 Å². The highest BCUT2D eigenvalue weighted by molar-refractivity contribution is 6.08. The lowest BCUT2D eigenvalue weighted by Gasteiger charge is -2.33. The maximum atomic E-state index is 13.5. The molecule has 0 aliphatic carbocycles. The van der Waals surface area contributed by atoms with Gasteiger partial charge in [0, 0.05) is 12.2 Å². The van der Waals surface area contributed by atoms with Crippen molar-refractivity contribution in [1.82, 2.24) is 0 Å². The summed E-state index contributed by atoms with van der Waals surface area (Å²) in [6, 6.07) is 20.5. The van der Waals surface area contributed by atoms with E-state index in [9.17, 15) is 10.1 Å². The lowest BCUT2D eigenvalue weighted by atomic mass is 9.67. The first-order valence-electron chi connectivity index (χ1n) is 8.80. The van der Waals surface area contributed by atoms with E-state index < -0.39 is 10.8 Å². The zero-order chi connectivity index (χ0) is 18.1. The number of amides is 1. The van der Waals surface area contributed by atoms with Crippen LogP contribution in [0.5, 0.6) is 0 Å². The third kappa shape index (κ3) is 2.93. The largest absolute Gasteiger partial charge is 0.312 e. The first-order chi connectivity index (χ1) is 11.9. The molecule has 1 atom stereocenters. The van der Waals surface area contributed by atoms with Crippen molar-refractivity contribution in [3.05, 3.63) is 65.7 Å². The molecule has 0 aromatic heterocycles. The molecule has 3 heteroatoms. The van der Waals surface area contributed by atoms with Crippen LogP contribution in [0.15, 0.2) is 54.6 Å².